The highest BCUT2D eigenvalue weighted by molar-refractivity contribution is 7.93. The summed E-state index contributed by atoms with van der Waals surface area (Å²) in [6.45, 7) is 5.88. The number of halogens is 2. The van der Waals surface area contributed by atoms with Crippen molar-refractivity contribution in [2.24, 2.45) is 0 Å². The molecule has 3 aromatic rings. The van der Waals surface area contributed by atoms with Crippen LogP contribution in [0.1, 0.15) is 45.6 Å². The third kappa shape index (κ3) is 5.63. The summed E-state index contributed by atoms with van der Waals surface area (Å²) in [5, 5.41) is 5.26. The lowest BCUT2D eigenvalue weighted by Crippen LogP contribution is -2.49. The molecule has 38 heavy (non-hydrogen) atoms. The maximum Gasteiger partial charge on any atom is 0.265 e. The number of hydrogen-bond acceptors (Lipinski definition) is 4. The van der Waals surface area contributed by atoms with Gasteiger partial charge in [0.15, 0.2) is 0 Å². The Hall–Kier alpha value is -2.81. The number of hydrogen-bond donors (Lipinski definition) is 1. The number of carbonyl (C=O) groups excluding carboxylic acids is 2. The van der Waals surface area contributed by atoms with Crippen molar-refractivity contribution >= 4 is 61.5 Å². The van der Waals surface area contributed by atoms with Crippen LogP contribution in [0.5, 0.6) is 0 Å². The lowest BCUT2D eigenvalue weighted by Gasteiger charge is -2.30. The Kier molecular flexibility index (Phi) is 8.55. The van der Waals surface area contributed by atoms with E-state index in [1.54, 1.807) is 43.3 Å². The maximum absolute atomic E-state index is 13.5. The number of benzene rings is 3. The van der Waals surface area contributed by atoms with E-state index in [-0.39, 0.29) is 42.3 Å². The molecule has 1 heterocycles. The van der Waals surface area contributed by atoms with E-state index in [1.807, 2.05) is 32.0 Å². The summed E-state index contributed by atoms with van der Waals surface area (Å²) in [7, 11) is -3.70. The molecule has 0 saturated carbocycles. The van der Waals surface area contributed by atoms with Crippen molar-refractivity contribution in [1.82, 2.24) is 10.2 Å². The highest BCUT2D eigenvalue weighted by Crippen LogP contribution is 2.42. The second-order valence-electron chi connectivity index (χ2n) is 9.58. The third-order valence-corrected chi connectivity index (χ3v) is 9.53. The van der Waals surface area contributed by atoms with Gasteiger partial charge in [-0.25, -0.2) is 8.42 Å². The lowest BCUT2D eigenvalue weighted by atomic mass is 10.1. The summed E-state index contributed by atoms with van der Waals surface area (Å²) in [4.78, 5) is 28.2. The molecule has 7 nitrogen and oxygen atoms in total. The van der Waals surface area contributed by atoms with Gasteiger partial charge in [-0.2, -0.15) is 0 Å². The smallest absolute Gasteiger partial charge is 0.265 e. The fourth-order valence-corrected chi connectivity index (χ4v) is 6.67. The molecule has 0 unspecified atom stereocenters. The molecule has 2 atom stereocenters. The van der Waals surface area contributed by atoms with Crippen LogP contribution < -0.4 is 9.62 Å². The largest absolute Gasteiger partial charge is 0.352 e. The minimum atomic E-state index is -3.70. The SMILES string of the molecule is CC[C@@H](C)NC(=O)[C@@H](C)N(Cc1ccc(Cl)c(Cl)c1)C(=O)CCCN1c2cccc3cccc(c23)S1(=O)=O. The van der Waals surface area contributed by atoms with Crippen molar-refractivity contribution in [2.75, 3.05) is 10.8 Å². The Morgan fingerprint density at radius 1 is 1.03 bits per heavy atom. The van der Waals surface area contributed by atoms with Gasteiger partial charge in [-0.1, -0.05) is 60.5 Å². The highest BCUT2D eigenvalue weighted by Gasteiger charge is 2.35. The van der Waals surface area contributed by atoms with Gasteiger partial charge in [0.05, 0.1) is 20.6 Å². The van der Waals surface area contributed by atoms with Crippen LogP contribution in [-0.2, 0) is 26.2 Å². The molecule has 2 amide bonds. The fourth-order valence-electron chi connectivity index (χ4n) is 4.60. The van der Waals surface area contributed by atoms with Crippen LogP contribution in [0.25, 0.3) is 10.8 Å². The molecule has 0 fully saturated rings. The molecule has 0 saturated heterocycles. The zero-order chi connectivity index (χ0) is 27.6. The summed E-state index contributed by atoms with van der Waals surface area (Å²) < 4.78 is 27.9. The Balaban J connectivity index is 1.51. The van der Waals surface area contributed by atoms with Crippen molar-refractivity contribution in [1.29, 1.82) is 0 Å². The van der Waals surface area contributed by atoms with Crippen LogP contribution in [0.2, 0.25) is 10.0 Å². The molecule has 1 aliphatic rings. The van der Waals surface area contributed by atoms with Gasteiger partial charge < -0.3 is 10.2 Å². The zero-order valence-electron chi connectivity index (χ0n) is 21.6. The van der Waals surface area contributed by atoms with Crippen molar-refractivity contribution in [2.45, 2.75) is 63.6 Å². The molecular weight excluding hydrogens is 545 g/mol. The summed E-state index contributed by atoms with van der Waals surface area (Å²) >= 11 is 12.2. The molecule has 0 bridgehead atoms. The third-order valence-electron chi connectivity index (χ3n) is 6.94. The molecule has 3 aromatic carbocycles. The van der Waals surface area contributed by atoms with Crippen molar-refractivity contribution in [3.05, 3.63) is 70.2 Å². The van der Waals surface area contributed by atoms with E-state index in [0.29, 0.717) is 27.5 Å². The second-order valence-corrected chi connectivity index (χ2v) is 12.2. The minimum Gasteiger partial charge on any atom is -0.352 e. The molecule has 0 spiro atoms. The molecule has 10 heteroatoms. The van der Waals surface area contributed by atoms with E-state index in [2.05, 4.69) is 5.32 Å². The summed E-state index contributed by atoms with van der Waals surface area (Å²) in [5.41, 5.74) is 1.36. The lowest BCUT2D eigenvalue weighted by molar-refractivity contribution is -0.140. The van der Waals surface area contributed by atoms with Crippen LogP contribution in [0.3, 0.4) is 0 Å². The normalized spacial score (nSPS) is 15.3. The predicted octanol–water partition coefficient (Wildman–Crippen LogP) is 5.77. The van der Waals surface area contributed by atoms with Gasteiger partial charge in [0, 0.05) is 30.9 Å². The van der Waals surface area contributed by atoms with Crippen LogP contribution in [0, 0.1) is 0 Å². The number of carbonyl (C=O) groups is 2. The zero-order valence-corrected chi connectivity index (χ0v) is 23.9. The first-order valence-electron chi connectivity index (χ1n) is 12.6. The first-order chi connectivity index (χ1) is 18.0. The Morgan fingerprint density at radius 3 is 2.42 bits per heavy atom. The standard InChI is InChI=1S/C28H31Cl2N3O4S/c1-4-18(2)31-28(35)19(3)32(17-20-13-14-22(29)23(30)16-20)26(34)12-7-15-33-24-10-5-8-21-9-6-11-25(27(21)24)38(33,36)37/h5-6,8-11,13-14,16,18-19H,4,7,12,15,17H2,1-3H3,(H,31,35)/t18-,19-/m1/s1. The monoisotopic (exact) mass is 575 g/mol. The van der Waals surface area contributed by atoms with Gasteiger partial charge in [0.1, 0.15) is 6.04 Å². The molecule has 0 aromatic heterocycles. The number of rotatable bonds is 10. The van der Waals surface area contributed by atoms with Gasteiger partial charge in [-0.05, 0) is 61.9 Å². The number of nitrogens with zero attached hydrogens (tertiary/aromatic N) is 2. The number of nitrogens with one attached hydrogen (secondary N) is 1. The van der Waals surface area contributed by atoms with Crippen molar-refractivity contribution in [3.63, 3.8) is 0 Å². The van der Waals surface area contributed by atoms with Gasteiger partial charge in [0.25, 0.3) is 10.0 Å². The Labute approximate surface area is 233 Å². The molecule has 0 radical (unpaired) electrons. The Morgan fingerprint density at radius 2 is 1.74 bits per heavy atom. The van der Waals surface area contributed by atoms with E-state index >= 15 is 0 Å². The first-order valence-corrected chi connectivity index (χ1v) is 14.8. The number of amides is 2. The maximum atomic E-state index is 13.5. The van der Waals surface area contributed by atoms with Crippen molar-refractivity contribution < 1.29 is 18.0 Å². The van der Waals surface area contributed by atoms with Gasteiger partial charge in [-0.3, -0.25) is 13.9 Å². The Bertz CT molecular complexity index is 1470. The second kappa shape index (κ2) is 11.5. The number of sulfonamides is 1. The average molecular weight is 577 g/mol. The van der Waals surface area contributed by atoms with Crippen LogP contribution in [0.15, 0.2) is 59.5 Å². The van der Waals surface area contributed by atoms with Crippen LogP contribution in [-0.4, -0.2) is 43.8 Å². The van der Waals surface area contributed by atoms with E-state index in [0.717, 1.165) is 17.4 Å². The first kappa shape index (κ1) is 28.2. The van der Waals surface area contributed by atoms with Crippen LogP contribution >= 0.6 is 23.2 Å². The minimum absolute atomic E-state index is 0.0309. The molecule has 1 N–H and O–H groups in total. The summed E-state index contributed by atoms with van der Waals surface area (Å²) in [5.74, 6) is -0.507. The molecule has 4 rings (SSSR count). The number of anilines is 1. The van der Waals surface area contributed by atoms with Gasteiger partial charge in [0.2, 0.25) is 11.8 Å². The average Bonchev–Trinajstić information content (AvgIpc) is 3.11. The quantitative estimate of drug-likeness (QED) is 0.332. The topological polar surface area (TPSA) is 86.8 Å². The highest BCUT2D eigenvalue weighted by atomic mass is 35.5. The molecular formula is C28H31Cl2N3O4S. The summed E-state index contributed by atoms with van der Waals surface area (Å²) in [6.07, 6.45) is 1.12. The van der Waals surface area contributed by atoms with E-state index in [9.17, 15) is 18.0 Å². The predicted molar refractivity (Wildman–Crippen MR) is 152 cm³/mol. The van der Waals surface area contributed by atoms with Gasteiger partial charge in [-0.15, -0.1) is 0 Å². The van der Waals surface area contributed by atoms with E-state index < -0.39 is 16.1 Å². The molecule has 1 aliphatic heterocycles. The van der Waals surface area contributed by atoms with Gasteiger partial charge >= 0.3 is 0 Å². The molecule has 202 valence electrons. The van der Waals surface area contributed by atoms with E-state index in [1.165, 1.54) is 9.21 Å². The molecule has 0 aliphatic carbocycles. The van der Waals surface area contributed by atoms with E-state index in [4.69, 9.17) is 23.2 Å². The fraction of sp³-hybridized carbons (Fsp3) is 0.357. The summed E-state index contributed by atoms with van der Waals surface area (Å²) in [6, 6.07) is 15.1. The van der Waals surface area contributed by atoms with Crippen LogP contribution in [0.4, 0.5) is 5.69 Å². The van der Waals surface area contributed by atoms with Crippen molar-refractivity contribution in [3.8, 4) is 0 Å².